The fourth-order valence-electron chi connectivity index (χ4n) is 0.828. The Balaban J connectivity index is 3.11. The normalized spacial score (nSPS) is 10.7. The van der Waals surface area contributed by atoms with Crippen LogP contribution in [0.4, 0.5) is 18.9 Å². The highest BCUT2D eigenvalue weighted by Crippen LogP contribution is 2.34. The van der Waals surface area contributed by atoms with E-state index in [4.69, 9.17) is 17.1 Å². The standard InChI is InChI=1S/C7H3ClF3N3O/c8-4-1-2-6(15-7(9,10)11)5(3-4)13-14-12/h1-3H. The summed E-state index contributed by atoms with van der Waals surface area (Å²) in [5, 5.41) is 3.17. The van der Waals surface area contributed by atoms with Crippen molar-refractivity contribution in [3.63, 3.8) is 0 Å². The first-order valence-electron chi connectivity index (χ1n) is 3.53. The summed E-state index contributed by atoms with van der Waals surface area (Å²) < 4.78 is 39.2. The molecule has 0 aliphatic rings. The van der Waals surface area contributed by atoms with Gasteiger partial charge < -0.3 is 4.74 Å². The van der Waals surface area contributed by atoms with E-state index in [1.54, 1.807) is 0 Å². The Bertz CT molecular complexity index is 414. The van der Waals surface area contributed by atoms with Gasteiger partial charge in [0.05, 0.1) is 5.69 Å². The van der Waals surface area contributed by atoms with Crippen molar-refractivity contribution in [3.8, 4) is 5.75 Å². The molecule has 80 valence electrons. The molecule has 0 amide bonds. The average molecular weight is 238 g/mol. The van der Waals surface area contributed by atoms with Crippen LogP contribution < -0.4 is 4.74 Å². The third-order valence-corrected chi connectivity index (χ3v) is 1.53. The SMILES string of the molecule is [N-]=[N+]=Nc1cc(Cl)ccc1OC(F)(F)F. The number of hydrogen-bond acceptors (Lipinski definition) is 2. The predicted molar refractivity (Wildman–Crippen MR) is 46.9 cm³/mol. The van der Waals surface area contributed by atoms with Gasteiger partial charge in [-0.1, -0.05) is 16.7 Å². The lowest BCUT2D eigenvalue weighted by atomic mass is 10.3. The van der Waals surface area contributed by atoms with Gasteiger partial charge in [-0.2, -0.15) is 0 Å². The summed E-state index contributed by atoms with van der Waals surface area (Å²) in [4.78, 5) is 2.36. The van der Waals surface area contributed by atoms with Crippen molar-refractivity contribution in [1.29, 1.82) is 0 Å². The third kappa shape index (κ3) is 3.57. The van der Waals surface area contributed by atoms with Crippen LogP contribution in [-0.2, 0) is 0 Å². The Morgan fingerprint density at radius 1 is 1.40 bits per heavy atom. The van der Waals surface area contributed by atoms with Crippen LogP contribution in [0.15, 0.2) is 23.3 Å². The molecule has 0 radical (unpaired) electrons. The molecular formula is C7H3ClF3N3O. The van der Waals surface area contributed by atoms with Crippen LogP contribution >= 0.6 is 11.6 Å². The smallest absolute Gasteiger partial charge is 0.405 e. The van der Waals surface area contributed by atoms with Gasteiger partial charge >= 0.3 is 6.36 Å². The zero-order valence-corrected chi connectivity index (χ0v) is 7.75. The summed E-state index contributed by atoms with van der Waals surface area (Å²) in [6.45, 7) is 0. The summed E-state index contributed by atoms with van der Waals surface area (Å²) in [6.07, 6.45) is -4.84. The van der Waals surface area contributed by atoms with E-state index in [0.717, 1.165) is 12.1 Å². The second kappa shape index (κ2) is 4.29. The molecule has 1 rings (SSSR count). The van der Waals surface area contributed by atoms with E-state index in [2.05, 4.69) is 14.8 Å². The third-order valence-electron chi connectivity index (χ3n) is 1.30. The van der Waals surface area contributed by atoms with Crippen LogP contribution in [0.5, 0.6) is 5.75 Å². The lowest BCUT2D eigenvalue weighted by Gasteiger charge is -2.10. The first kappa shape index (κ1) is 11.5. The number of ether oxygens (including phenoxy) is 1. The molecule has 0 heterocycles. The Kier molecular flexibility index (Phi) is 3.28. The van der Waals surface area contributed by atoms with Crippen molar-refractivity contribution < 1.29 is 17.9 Å². The van der Waals surface area contributed by atoms with Gasteiger partial charge in [-0.3, -0.25) is 0 Å². The maximum Gasteiger partial charge on any atom is 0.573 e. The fourth-order valence-corrected chi connectivity index (χ4v) is 0.994. The van der Waals surface area contributed by atoms with Crippen molar-refractivity contribution >= 4 is 17.3 Å². The maximum atomic E-state index is 11.9. The molecule has 0 aromatic heterocycles. The van der Waals surface area contributed by atoms with Crippen molar-refractivity contribution in [2.75, 3.05) is 0 Å². The summed E-state index contributed by atoms with van der Waals surface area (Å²) in [5.41, 5.74) is 7.79. The second-order valence-corrected chi connectivity index (χ2v) is 2.79. The van der Waals surface area contributed by atoms with Crippen LogP contribution in [0, 0.1) is 0 Å². The summed E-state index contributed by atoms with van der Waals surface area (Å²) in [6, 6.07) is 3.24. The largest absolute Gasteiger partial charge is 0.573 e. The number of azide groups is 1. The van der Waals surface area contributed by atoms with Gasteiger partial charge in [0.15, 0.2) is 0 Å². The first-order valence-corrected chi connectivity index (χ1v) is 3.90. The number of hydrogen-bond donors (Lipinski definition) is 0. The highest BCUT2D eigenvalue weighted by atomic mass is 35.5. The number of rotatable bonds is 2. The highest BCUT2D eigenvalue weighted by molar-refractivity contribution is 6.30. The van der Waals surface area contributed by atoms with Gasteiger partial charge in [0.25, 0.3) is 0 Å². The van der Waals surface area contributed by atoms with Crippen molar-refractivity contribution in [2.24, 2.45) is 5.11 Å². The first-order chi connectivity index (χ1) is 6.92. The molecule has 0 bridgehead atoms. The highest BCUT2D eigenvalue weighted by Gasteiger charge is 2.31. The van der Waals surface area contributed by atoms with Gasteiger partial charge in [0.1, 0.15) is 5.75 Å². The van der Waals surface area contributed by atoms with Crippen molar-refractivity contribution in [2.45, 2.75) is 6.36 Å². The molecule has 8 heteroatoms. The van der Waals surface area contributed by atoms with Crippen LogP contribution in [0.2, 0.25) is 5.02 Å². The van der Waals surface area contributed by atoms with Crippen molar-refractivity contribution in [1.82, 2.24) is 0 Å². The van der Waals surface area contributed by atoms with Crippen LogP contribution in [-0.4, -0.2) is 6.36 Å². The van der Waals surface area contributed by atoms with Crippen LogP contribution in [0.3, 0.4) is 0 Å². The van der Waals surface area contributed by atoms with Crippen molar-refractivity contribution in [3.05, 3.63) is 33.7 Å². The van der Waals surface area contributed by atoms with E-state index < -0.39 is 12.1 Å². The molecule has 0 saturated carbocycles. The van der Waals surface area contributed by atoms with E-state index in [1.165, 1.54) is 6.07 Å². The van der Waals surface area contributed by atoms with Gasteiger partial charge in [-0.25, -0.2) is 0 Å². The topological polar surface area (TPSA) is 58.0 Å². The number of halogens is 4. The van der Waals surface area contributed by atoms with E-state index >= 15 is 0 Å². The monoisotopic (exact) mass is 237 g/mol. The van der Waals surface area contributed by atoms with E-state index in [9.17, 15) is 13.2 Å². The lowest BCUT2D eigenvalue weighted by Crippen LogP contribution is -2.17. The van der Waals surface area contributed by atoms with Gasteiger partial charge in [-0.15, -0.1) is 13.2 Å². The van der Waals surface area contributed by atoms with Crippen LogP contribution in [0.1, 0.15) is 0 Å². The molecule has 0 atom stereocenters. The molecule has 15 heavy (non-hydrogen) atoms. The minimum Gasteiger partial charge on any atom is -0.405 e. The number of nitrogens with zero attached hydrogens (tertiary/aromatic N) is 3. The molecule has 0 fully saturated rings. The fraction of sp³-hybridized carbons (Fsp3) is 0.143. The second-order valence-electron chi connectivity index (χ2n) is 2.35. The molecule has 0 aliphatic carbocycles. The van der Waals surface area contributed by atoms with E-state index in [1.807, 2.05) is 0 Å². The molecule has 1 aromatic carbocycles. The molecule has 1 aromatic rings. The minimum atomic E-state index is -4.84. The number of benzene rings is 1. The molecular weight excluding hydrogens is 235 g/mol. The molecule has 4 nitrogen and oxygen atoms in total. The Labute approximate surface area is 86.8 Å². The maximum absolute atomic E-state index is 11.9. The van der Waals surface area contributed by atoms with E-state index in [0.29, 0.717) is 0 Å². The molecule has 0 aliphatic heterocycles. The average Bonchev–Trinajstić information content (AvgIpc) is 2.08. The van der Waals surface area contributed by atoms with Gasteiger partial charge in [-0.05, 0) is 23.7 Å². The Morgan fingerprint density at radius 3 is 2.60 bits per heavy atom. The number of alkyl halides is 3. The minimum absolute atomic E-state index is 0.145. The van der Waals surface area contributed by atoms with Gasteiger partial charge in [0, 0.05) is 9.93 Å². The Morgan fingerprint density at radius 2 is 2.07 bits per heavy atom. The molecule has 0 N–H and O–H groups in total. The van der Waals surface area contributed by atoms with E-state index in [-0.39, 0.29) is 10.7 Å². The molecule has 0 unspecified atom stereocenters. The Hall–Kier alpha value is -1.59. The zero-order chi connectivity index (χ0) is 11.5. The predicted octanol–water partition coefficient (Wildman–Crippen LogP) is 4.18. The summed E-state index contributed by atoms with van der Waals surface area (Å²) in [5.74, 6) is -0.593. The summed E-state index contributed by atoms with van der Waals surface area (Å²) in [7, 11) is 0. The molecule has 0 saturated heterocycles. The summed E-state index contributed by atoms with van der Waals surface area (Å²) >= 11 is 5.50. The lowest BCUT2D eigenvalue weighted by molar-refractivity contribution is -0.274. The quantitative estimate of drug-likeness (QED) is 0.432. The molecule has 0 spiro atoms. The van der Waals surface area contributed by atoms with Crippen LogP contribution in [0.25, 0.3) is 10.4 Å². The van der Waals surface area contributed by atoms with Gasteiger partial charge in [0.2, 0.25) is 0 Å². The zero-order valence-electron chi connectivity index (χ0n) is 6.99.